The Balaban J connectivity index is 2.35. The topological polar surface area (TPSA) is 43.6 Å². The molecule has 0 aromatic carbocycles. The smallest absolute Gasteiger partial charge is 0.145 e. The Morgan fingerprint density at radius 1 is 1.24 bits per heavy atom. The summed E-state index contributed by atoms with van der Waals surface area (Å²) in [5.74, 6) is 0.848. The zero-order chi connectivity index (χ0) is 14.8. The summed E-state index contributed by atoms with van der Waals surface area (Å²) in [6.45, 7) is 7.82. The molecule has 3 heterocycles. The molecule has 4 nitrogen and oxygen atoms in total. The van der Waals surface area contributed by atoms with Crippen molar-refractivity contribution in [2.75, 3.05) is 0 Å². The Morgan fingerprint density at radius 3 is 2.76 bits per heavy atom. The summed E-state index contributed by atoms with van der Waals surface area (Å²) in [4.78, 5) is 13.3. The van der Waals surface area contributed by atoms with Gasteiger partial charge in [0, 0.05) is 17.5 Å². The van der Waals surface area contributed by atoms with Gasteiger partial charge in [0.25, 0.3) is 0 Å². The van der Waals surface area contributed by atoms with Crippen LogP contribution >= 0.6 is 0 Å². The SMILES string of the molecule is C=C/C(=C\C)c1nc2ccncc2n1-c1ccc(C)nc1. The largest absolute Gasteiger partial charge is 0.289 e. The molecule has 0 saturated heterocycles. The van der Waals surface area contributed by atoms with Gasteiger partial charge in [-0.3, -0.25) is 14.5 Å². The molecule has 0 bridgehead atoms. The van der Waals surface area contributed by atoms with Crippen LogP contribution in [0.25, 0.3) is 22.3 Å². The van der Waals surface area contributed by atoms with E-state index in [-0.39, 0.29) is 0 Å². The van der Waals surface area contributed by atoms with E-state index in [0.29, 0.717) is 0 Å². The highest BCUT2D eigenvalue weighted by atomic mass is 15.1. The van der Waals surface area contributed by atoms with Gasteiger partial charge in [-0.15, -0.1) is 0 Å². The van der Waals surface area contributed by atoms with Crippen molar-refractivity contribution in [3.8, 4) is 5.69 Å². The van der Waals surface area contributed by atoms with Crippen LogP contribution in [0.3, 0.4) is 0 Å². The first-order valence-electron chi connectivity index (χ1n) is 6.79. The lowest BCUT2D eigenvalue weighted by Gasteiger charge is -2.09. The van der Waals surface area contributed by atoms with Crippen LogP contribution in [-0.2, 0) is 0 Å². The normalized spacial score (nSPS) is 11.8. The average molecular weight is 276 g/mol. The maximum atomic E-state index is 4.71. The van der Waals surface area contributed by atoms with Gasteiger partial charge in [-0.1, -0.05) is 18.7 Å². The molecule has 3 rings (SSSR count). The van der Waals surface area contributed by atoms with Crippen LogP contribution in [0.4, 0.5) is 0 Å². The minimum Gasteiger partial charge on any atom is -0.289 e. The molecule has 0 unspecified atom stereocenters. The van der Waals surface area contributed by atoms with Gasteiger partial charge >= 0.3 is 0 Å². The third-order valence-electron chi connectivity index (χ3n) is 3.40. The van der Waals surface area contributed by atoms with E-state index in [2.05, 4.69) is 21.1 Å². The van der Waals surface area contributed by atoms with Crippen LogP contribution in [0.2, 0.25) is 0 Å². The third-order valence-corrected chi connectivity index (χ3v) is 3.40. The van der Waals surface area contributed by atoms with E-state index in [0.717, 1.165) is 33.8 Å². The zero-order valence-corrected chi connectivity index (χ0v) is 12.1. The minimum atomic E-state index is 0.848. The minimum absolute atomic E-state index is 0.848. The molecule has 0 aliphatic carbocycles. The number of aryl methyl sites for hydroxylation is 1. The van der Waals surface area contributed by atoms with Crippen molar-refractivity contribution >= 4 is 16.6 Å². The lowest BCUT2D eigenvalue weighted by Crippen LogP contribution is -2.01. The molecular weight excluding hydrogens is 260 g/mol. The second kappa shape index (κ2) is 5.32. The molecule has 104 valence electrons. The second-order valence-corrected chi connectivity index (χ2v) is 4.74. The Labute approximate surface area is 123 Å². The highest BCUT2D eigenvalue weighted by Crippen LogP contribution is 2.25. The second-order valence-electron chi connectivity index (χ2n) is 4.74. The molecule has 0 spiro atoms. The van der Waals surface area contributed by atoms with Crippen LogP contribution in [0.1, 0.15) is 18.4 Å². The fourth-order valence-corrected chi connectivity index (χ4v) is 2.31. The molecule has 0 saturated carbocycles. The highest BCUT2D eigenvalue weighted by molar-refractivity contribution is 5.83. The number of pyridine rings is 2. The summed E-state index contributed by atoms with van der Waals surface area (Å²) in [5.41, 5.74) is 4.79. The van der Waals surface area contributed by atoms with E-state index in [9.17, 15) is 0 Å². The van der Waals surface area contributed by atoms with Gasteiger partial charge in [-0.25, -0.2) is 4.98 Å². The molecule has 3 aromatic heterocycles. The number of aromatic nitrogens is 4. The quantitative estimate of drug-likeness (QED) is 0.685. The lowest BCUT2D eigenvalue weighted by molar-refractivity contribution is 1.03. The number of hydrogen-bond acceptors (Lipinski definition) is 3. The molecule has 0 amide bonds. The maximum Gasteiger partial charge on any atom is 0.145 e. The van der Waals surface area contributed by atoms with Crippen LogP contribution in [-0.4, -0.2) is 19.5 Å². The predicted molar refractivity (Wildman–Crippen MR) is 85.2 cm³/mol. The summed E-state index contributed by atoms with van der Waals surface area (Å²) in [6.07, 6.45) is 9.23. The van der Waals surface area contributed by atoms with E-state index in [1.165, 1.54) is 0 Å². The van der Waals surface area contributed by atoms with E-state index in [1.54, 1.807) is 6.20 Å². The number of imidazole rings is 1. The van der Waals surface area contributed by atoms with Crippen molar-refractivity contribution in [1.82, 2.24) is 19.5 Å². The predicted octanol–water partition coefficient (Wildman–Crippen LogP) is 3.71. The van der Waals surface area contributed by atoms with E-state index in [1.807, 2.05) is 56.6 Å². The summed E-state index contributed by atoms with van der Waals surface area (Å²) in [5, 5.41) is 0. The average Bonchev–Trinajstić information content (AvgIpc) is 2.89. The highest BCUT2D eigenvalue weighted by Gasteiger charge is 2.14. The molecule has 0 N–H and O–H groups in total. The molecule has 0 fully saturated rings. The number of fused-ring (bicyclic) bond motifs is 1. The van der Waals surface area contributed by atoms with Crippen LogP contribution < -0.4 is 0 Å². The van der Waals surface area contributed by atoms with E-state index >= 15 is 0 Å². The summed E-state index contributed by atoms with van der Waals surface area (Å²) in [7, 11) is 0. The molecule has 21 heavy (non-hydrogen) atoms. The summed E-state index contributed by atoms with van der Waals surface area (Å²) >= 11 is 0. The Kier molecular flexibility index (Phi) is 3.36. The van der Waals surface area contributed by atoms with Crippen LogP contribution in [0.5, 0.6) is 0 Å². The van der Waals surface area contributed by atoms with Crippen molar-refractivity contribution in [3.05, 3.63) is 67.0 Å². The molecule has 4 heteroatoms. The Bertz CT molecular complexity index is 826. The summed E-state index contributed by atoms with van der Waals surface area (Å²) in [6, 6.07) is 5.94. The maximum absolute atomic E-state index is 4.71. The first-order chi connectivity index (χ1) is 10.2. The first-order valence-corrected chi connectivity index (χ1v) is 6.79. The van der Waals surface area contributed by atoms with Crippen molar-refractivity contribution < 1.29 is 0 Å². The monoisotopic (exact) mass is 276 g/mol. The van der Waals surface area contributed by atoms with Gasteiger partial charge in [0.05, 0.1) is 29.1 Å². The molecule has 0 aliphatic heterocycles. The van der Waals surface area contributed by atoms with E-state index < -0.39 is 0 Å². The fraction of sp³-hybridized carbons (Fsp3) is 0.118. The fourth-order valence-electron chi connectivity index (χ4n) is 2.31. The van der Waals surface area contributed by atoms with Crippen LogP contribution in [0.15, 0.2) is 55.5 Å². The van der Waals surface area contributed by atoms with Crippen molar-refractivity contribution in [2.45, 2.75) is 13.8 Å². The van der Waals surface area contributed by atoms with Gasteiger partial charge in [0.1, 0.15) is 5.82 Å². The number of nitrogens with zero attached hydrogens (tertiary/aromatic N) is 4. The van der Waals surface area contributed by atoms with E-state index in [4.69, 9.17) is 4.98 Å². The molecule has 3 aromatic rings. The molecular formula is C17H16N4. The number of rotatable bonds is 3. The van der Waals surface area contributed by atoms with Crippen molar-refractivity contribution in [3.63, 3.8) is 0 Å². The lowest BCUT2D eigenvalue weighted by atomic mass is 10.2. The summed E-state index contributed by atoms with van der Waals surface area (Å²) < 4.78 is 2.06. The Hall–Kier alpha value is -2.75. The molecule has 0 radical (unpaired) electrons. The molecule has 0 atom stereocenters. The third kappa shape index (κ3) is 2.25. The molecule has 0 aliphatic rings. The number of allylic oxidation sites excluding steroid dienone is 3. The first kappa shape index (κ1) is 13.2. The van der Waals surface area contributed by atoms with Gasteiger partial charge in [0.15, 0.2) is 0 Å². The van der Waals surface area contributed by atoms with Gasteiger partial charge < -0.3 is 0 Å². The zero-order valence-electron chi connectivity index (χ0n) is 12.1. The van der Waals surface area contributed by atoms with Crippen molar-refractivity contribution in [1.29, 1.82) is 0 Å². The Morgan fingerprint density at radius 2 is 2.10 bits per heavy atom. The van der Waals surface area contributed by atoms with Gasteiger partial charge in [0.2, 0.25) is 0 Å². The van der Waals surface area contributed by atoms with Crippen LogP contribution in [0, 0.1) is 6.92 Å². The van der Waals surface area contributed by atoms with Gasteiger partial charge in [-0.2, -0.15) is 0 Å². The standard InChI is InChI=1S/C17H16N4/c1-4-13(5-2)17-20-15-8-9-18-11-16(15)21(17)14-7-6-12(3)19-10-14/h4-11H,1H2,2-3H3/b13-5+. The van der Waals surface area contributed by atoms with Gasteiger partial charge in [-0.05, 0) is 32.0 Å². The van der Waals surface area contributed by atoms with Crippen molar-refractivity contribution in [2.24, 2.45) is 0 Å². The number of hydrogen-bond donors (Lipinski definition) is 0.